The first-order valence-electron chi connectivity index (χ1n) is 4.13. The molecule has 4 heteroatoms. The smallest absolute Gasteiger partial charge is 0.341 e. The van der Waals surface area contributed by atoms with Crippen molar-refractivity contribution in [2.24, 2.45) is 0 Å². The van der Waals surface area contributed by atoms with Crippen LogP contribution in [0.5, 0.6) is 0 Å². The van der Waals surface area contributed by atoms with Crippen LogP contribution in [0.2, 0.25) is 0 Å². The highest BCUT2D eigenvalue weighted by atomic mass is 16.6. The number of carbonyl (C=O) groups excluding carboxylic acids is 2. The van der Waals surface area contributed by atoms with E-state index in [1.807, 2.05) is 0 Å². The molecule has 0 aromatic heterocycles. The highest BCUT2D eigenvalue weighted by Gasteiger charge is 2.12. The van der Waals surface area contributed by atoms with Gasteiger partial charge < -0.3 is 9.84 Å². The second kappa shape index (κ2) is 5.34. The molecule has 0 aliphatic carbocycles. The SMILES string of the molecule is C=C(C)C(=O)OC(=O)C(C)=CC(C)O. The molecular formula is C10H14O4. The van der Waals surface area contributed by atoms with Gasteiger partial charge in [0.15, 0.2) is 0 Å². The van der Waals surface area contributed by atoms with E-state index >= 15 is 0 Å². The van der Waals surface area contributed by atoms with Crippen LogP contribution >= 0.6 is 0 Å². The van der Waals surface area contributed by atoms with Crippen LogP contribution < -0.4 is 0 Å². The predicted molar refractivity (Wildman–Crippen MR) is 51.4 cm³/mol. The van der Waals surface area contributed by atoms with Crippen LogP contribution in [-0.2, 0) is 14.3 Å². The lowest BCUT2D eigenvalue weighted by Gasteiger charge is -2.03. The van der Waals surface area contributed by atoms with Gasteiger partial charge in [-0.05, 0) is 26.8 Å². The summed E-state index contributed by atoms with van der Waals surface area (Å²) in [4.78, 5) is 22.0. The highest BCUT2D eigenvalue weighted by molar-refractivity contribution is 6.01. The number of aliphatic hydroxyl groups is 1. The standard InChI is InChI=1S/C10H14O4/c1-6(2)9(12)14-10(13)7(3)5-8(4)11/h5,8,11H,1H2,2-4H3. The quantitative estimate of drug-likeness (QED) is 0.417. The summed E-state index contributed by atoms with van der Waals surface area (Å²) in [6.45, 7) is 7.74. The Morgan fingerprint density at radius 1 is 1.36 bits per heavy atom. The molecule has 0 aliphatic rings. The highest BCUT2D eigenvalue weighted by Crippen LogP contribution is 2.02. The fourth-order valence-corrected chi connectivity index (χ4v) is 0.682. The van der Waals surface area contributed by atoms with Crippen molar-refractivity contribution in [2.45, 2.75) is 26.9 Å². The van der Waals surface area contributed by atoms with E-state index in [1.54, 1.807) is 0 Å². The summed E-state index contributed by atoms with van der Waals surface area (Å²) in [5, 5.41) is 8.93. The molecule has 0 aromatic rings. The van der Waals surface area contributed by atoms with E-state index in [9.17, 15) is 9.59 Å². The molecule has 1 atom stereocenters. The normalized spacial score (nSPS) is 13.3. The molecule has 0 aromatic carbocycles. The van der Waals surface area contributed by atoms with Crippen molar-refractivity contribution >= 4 is 11.9 Å². The molecule has 0 bridgehead atoms. The van der Waals surface area contributed by atoms with Crippen LogP contribution in [-0.4, -0.2) is 23.1 Å². The molecule has 0 spiro atoms. The van der Waals surface area contributed by atoms with Gasteiger partial charge in [0.2, 0.25) is 0 Å². The Hall–Kier alpha value is -1.42. The van der Waals surface area contributed by atoms with Crippen LogP contribution in [0.25, 0.3) is 0 Å². The summed E-state index contributed by atoms with van der Waals surface area (Å²) < 4.78 is 4.42. The molecule has 0 aliphatic heterocycles. The van der Waals surface area contributed by atoms with E-state index in [0.29, 0.717) is 0 Å². The second-order valence-electron chi connectivity index (χ2n) is 3.05. The van der Waals surface area contributed by atoms with Gasteiger partial charge in [-0.2, -0.15) is 0 Å². The lowest BCUT2D eigenvalue weighted by atomic mass is 10.2. The number of esters is 2. The molecule has 1 unspecified atom stereocenters. The first kappa shape index (κ1) is 12.6. The Kier molecular flexibility index (Phi) is 4.80. The Bertz CT molecular complexity index is 286. The third-order valence-electron chi connectivity index (χ3n) is 1.35. The molecule has 0 rings (SSSR count). The molecule has 0 saturated heterocycles. The van der Waals surface area contributed by atoms with Crippen molar-refractivity contribution in [1.82, 2.24) is 0 Å². The monoisotopic (exact) mass is 198 g/mol. The average molecular weight is 198 g/mol. The number of ether oxygens (including phenoxy) is 1. The molecule has 0 saturated carbocycles. The maximum absolute atomic E-state index is 11.1. The van der Waals surface area contributed by atoms with Gasteiger partial charge >= 0.3 is 11.9 Å². The van der Waals surface area contributed by atoms with Crippen molar-refractivity contribution in [2.75, 3.05) is 0 Å². The van der Waals surface area contributed by atoms with E-state index in [1.165, 1.54) is 26.8 Å². The lowest BCUT2D eigenvalue weighted by molar-refractivity contribution is -0.154. The van der Waals surface area contributed by atoms with Gasteiger partial charge in [-0.1, -0.05) is 6.58 Å². The zero-order valence-electron chi connectivity index (χ0n) is 8.53. The van der Waals surface area contributed by atoms with Gasteiger partial charge in [-0.15, -0.1) is 0 Å². The Morgan fingerprint density at radius 2 is 1.86 bits per heavy atom. The number of hydrogen-bond acceptors (Lipinski definition) is 4. The van der Waals surface area contributed by atoms with Gasteiger partial charge in [0.05, 0.1) is 6.10 Å². The minimum Gasteiger partial charge on any atom is -0.389 e. The van der Waals surface area contributed by atoms with Crippen LogP contribution in [0.4, 0.5) is 0 Å². The second-order valence-corrected chi connectivity index (χ2v) is 3.05. The molecular weight excluding hydrogens is 184 g/mol. The first-order chi connectivity index (χ1) is 6.34. The molecule has 4 nitrogen and oxygen atoms in total. The van der Waals surface area contributed by atoms with Crippen LogP contribution in [0.1, 0.15) is 20.8 Å². The fraction of sp³-hybridized carbons (Fsp3) is 0.400. The Balaban J connectivity index is 4.36. The predicted octanol–water partition coefficient (Wildman–Crippen LogP) is 0.959. The number of rotatable bonds is 3. The van der Waals surface area contributed by atoms with E-state index in [-0.39, 0.29) is 11.1 Å². The summed E-state index contributed by atoms with van der Waals surface area (Å²) >= 11 is 0. The largest absolute Gasteiger partial charge is 0.389 e. The minimum absolute atomic E-state index is 0.156. The molecule has 0 amide bonds. The molecule has 0 radical (unpaired) electrons. The van der Waals surface area contributed by atoms with Crippen LogP contribution in [0, 0.1) is 0 Å². The zero-order chi connectivity index (χ0) is 11.3. The summed E-state index contributed by atoms with van der Waals surface area (Å²) in [6, 6.07) is 0. The molecule has 78 valence electrons. The van der Waals surface area contributed by atoms with E-state index in [4.69, 9.17) is 5.11 Å². The summed E-state index contributed by atoms with van der Waals surface area (Å²) in [5.41, 5.74) is 0.345. The summed E-state index contributed by atoms with van der Waals surface area (Å²) in [6.07, 6.45) is 0.552. The van der Waals surface area contributed by atoms with Crippen LogP contribution in [0.3, 0.4) is 0 Å². The van der Waals surface area contributed by atoms with E-state index < -0.39 is 18.0 Å². The van der Waals surface area contributed by atoms with Crippen molar-refractivity contribution in [3.8, 4) is 0 Å². The topological polar surface area (TPSA) is 63.6 Å². The van der Waals surface area contributed by atoms with Crippen molar-refractivity contribution < 1.29 is 19.4 Å². The number of aliphatic hydroxyl groups excluding tert-OH is 1. The number of hydrogen-bond donors (Lipinski definition) is 1. The van der Waals surface area contributed by atoms with E-state index in [2.05, 4.69) is 11.3 Å². The maximum Gasteiger partial charge on any atom is 0.341 e. The number of carbonyl (C=O) groups is 2. The van der Waals surface area contributed by atoms with Gasteiger partial charge in [0.1, 0.15) is 0 Å². The fourth-order valence-electron chi connectivity index (χ4n) is 0.682. The van der Waals surface area contributed by atoms with Gasteiger partial charge in [0.25, 0.3) is 0 Å². The molecule has 0 heterocycles. The minimum atomic E-state index is -0.765. The first-order valence-corrected chi connectivity index (χ1v) is 4.13. The third-order valence-corrected chi connectivity index (χ3v) is 1.35. The third kappa shape index (κ3) is 4.57. The Labute approximate surface area is 82.9 Å². The lowest BCUT2D eigenvalue weighted by Crippen LogP contribution is -2.14. The molecule has 0 fully saturated rings. The summed E-state index contributed by atoms with van der Waals surface area (Å²) in [5.74, 6) is -1.52. The van der Waals surface area contributed by atoms with Gasteiger partial charge in [-0.25, -0.2) is 9.59 Å². The molecule has 14 heavy (non-hydrogen) atoms. The van der Waals surface area contributed by atoms with Gasteiger partial charge in [-0.3, -0.25) is 0 Å². The van der Waals surface area contributed by atoms with Crippen LogP contribution in [0.15, 0.2) is 23.8 Å². The van der Waals surface area contributed by atoms with Gasteiger partial charge in [0, 0.05) is 11.1 Å². The van der Waals surface area contributed by atoms with Crippen molar-refractivity contribution in [3.05, 3.63) is 23.8 Å². The maximum atomic E-state index is 11.1. The van der Waals surface area contributed by atoms with E-state index in [0.717, 1.165) is 0 Å². The zero-order valence-corrected chi connectivity index (χ0v) is 8.53. The Morgan fingerprint density at radius 3 is 2.21 bits per heavy atom. The van der Waals surface area contributed by atoms with Crippen molar-refractivity contribution in [1.29, 1.82) is 0 Å². The van der Waals surface area contributed by atoms with Crippen molar-refractivity contribution in [3.63, 3.8) is 0 Å². The average Bonchev–Trinajstić information content (AvgIpc) is 2.02. The molecule has 1 N–H and O–H groups in total. The summed E-state index contributed by atoms with van der Waals surface area (Å²) in [7, 11) is 0.